The lowest BCUT2D eigenvalue weighted by Gasteiger charge is -2.18. The van der Waals surface area contributed by atoms with Crippen LogP contribution in [0.25, 0.3) is 6.08 Å². The average molecular weight is 565 g/mol. The molecular weight excluding hydrogens is 533 g/mol. The van der Waals surface area contributed by atoms with Crippen molar-refractivity contribution in [3.63, 3.8) is 0 Å². The van der Waals surface area contributed by atoms with Crippen LogP contribution in [0.4, 0.5) is 30.5 Å². The summed E-state index contributed by atoms with van der Waals surface area (Å²) in [5.41, 5.74) is 1.61. The molecule has 0 saturated carbocycles. The molecule has 2 N–H and O–H groups in total. The van der Waals surface area contributed by atoms with Crippen LogP contribution >= 0.6 is 0 Å². The van der Waals surface area contributed by atoms with Crippen molar-refractivity contribution >= 4 is 35.6 Å². The lowest BCUT2D eigenvalue weighted by molar-refractivity contribution is -0.137. The number of aromatic nitrogens is 2. The fourth-order valence-electron chi connectivity index (χ4n) is 4.75. The number of anilines is 3. The number of nitrogens with one attached hydrogen (secondary N) is 2. The zero-order valence-electron chi connectivity index (χ0n) is 23.0. The molecule has 41 heavy (non-hydrogen) atoms. The number of amides is 1. The number of benzene rings is 2. The maximum Gasteiger partial charge on any atom is 0.416 e. The molecule has 0 bridgehead atoms. The van der Waals surface area contributed by atoms with Crippen molar-refractivity contribution < 1.29 is 18.0 Å². The Labute approximate surface area is 235 Å². The van der Waals surface area contributed by atoms with Crippen molar-refractivity contribution in [2.24, 2.45) is 9.98 Å². The second kappa shape index (κ2) is 11.7. The van der Waals surface area contributed by atoms with Crippen LogP contribution in [-0.4, -0.2) is 60.5 Å². The standard InChI is InChI=1S/C29H31F3N8O/c1-18-6-7-20(12-23(18)37-26-14-24-25(34-17-35-26)15-33-28(38-24)39(2)3)27(41)36-22-11-19(16-40-8-4-5-9-40)10-21(13-22)29(30,31)32/h6-7,10-15,17,26,37H,4-5,8-9,16H2,1-3H3,(H,36,41). The summed E-state index contributed by atoms with van der Waals surface area (Å²) in [5, 5.41) is 7.15. The van der Waals surface area contributed by atoms with E-state index in [9.17, 15) is 18.0 Å². The fourth-order valence-corrected chi connectivity index (χ4v) is 4.75. The van der Waals surface area contributed by atoms with Gasteiger partial charge in [0, 0.05) is 37.6 Å². The third-order valence-corrected chi connectivity index (χ3v) is 6.91. The van der Waals surface area contributed by atoms with Gasteiger partial charge in [-0.1, -0.05) is 6.07 Å². The van der Waals surface area contributed by atoms with E-state index in [2.05, 4.69) is 35.5 Å². The first-order valence-corrected chi connectivity index (χ1v) is 13.3. The Bertz CT molecular complexity index is 1600. The van der Waals surface area contributed by atoms with Gasteiger partial charge in [-0.05, 0) is 80.4 Å². The second-order valence-electron chi connectivity index (χ2n) is 10.4. The van der Waals surface area contributed by atoms with Gasteiger partial charge in [-0.15, -0.1) is 0 Å². The fraction of sp³-hybridized carbons (Fsp3) is 0.345. The number of aliphatic imine (C=N–C) groups is 1. The molecule has 2 aliphatic heterocycles. The number of halogens is 3. The summed E-state index contributed by atoms with van der Waals surface area (Å²) >= 11 is 0. The van der Waals surface area contributed by atoms with Crippen LogP contribution in [0.2, 0.25) is 0 Å². The zero-order valence-corrected chi connectivity index (χ0v) is 23.0. The molecule has 9 nitrogen and oxygen atoms in total. The SMILES string of the molecule is Cc1ccc(C(=O)Nc2cc(CN3CCCC3)cc(C(F)(F)F)c2)cc1NC1C=c2nc(N(C)C)ncc2=NC=N1. The van der Waals surface area contributed by atoms with Gasteiger partial charge >= 0.3 is 6.18 Å². The van der Waals surface area contributed by atoms with Crippen LogP contribution < -0.4 is 26.2 Å². The topological polar surface area (TPSA) is 98.1 Å². The molecule has 1 amide bonds. The summed E-state index contributed by atoms with van der Waals surface area (Å²) in [6.07, 6.45) is 1.87. The normalized spacial score (nSPS) is 16.8. The van der Waals surface area contributed by atoms with Crippen molar-refractivity contribution in [3.05, 3.63) is 75.6 Å². The number of carbonyl (C=O) groups excluding carboxylic acids is 1. The van der Waals surface area contributed by atoms with Crippen molar-refractivity contribution in [2.75, 3.05) is 42.7 Å². The molecule has 2 aromatic carbocycles. The molecule has 214 valence electrons. The zero-order chi connectivity index (χ0) is 29.1. The molecule has 1 saturated heterocycles. The van der Waals surface area contributed by atoms with Crippen molar-refractivity contribution in [1.82, 2.24) is 14.9 Å². The molecule has 12 heteroatoms. The highest BCUT2D eigenvalue weighted by Crippen LogP contribution is 2.33. The molecular formula is C29H31F3N8O. The van der Waals surface area contributed by atoms with Gasteiger partial charge in [0.1, 0.15) is 17.9 Å². The van der Waals surface area contributed by atoms with Gasteiger partial charge in [0.05, 0.1) is 17.1 Å². The third-order valence-electron chi connectivity index (χ3n) is 6.91. The molecule has 2 aliphatic rings. The highest BCUT2D eigenvalue weighted by atomic mass is 19.4. The van der Waals surface area contributed by atoms with Crippen LogP contribution in [-0.2, 0) is 12.7 Å². The molecule has 5 rings (SSSR count). The molecule has 0 aliphatic carbocycles. The molecule has 1 unspecified atom stereocenters. The molecule has 1 aromatic heterocycles. The summed E-state index contributed by atoms with van der Waals surface area (Å²) in [6, 6.07) is 8.80. The number of aryl methyl sites for hydroxylation is 1. The van der Waals surface area contributed by atoms with E-state index in [1.165, 1.54) is 6.34 Å². The van der Waals surface area contributed by atoms with E-state index in [-0.39, 0.29) is 11.3 Å². The Morgan fingerprint density at radius 1 is 1.12 bits per heavy atom. The van der Waals surface area contributed by atoms with Gasteiger partial charge in [0.2, 0.25) is 5.95 Å². The Hall–Kier alpha value is -4.32. The lowest BCUT2D eigenvalue weighted by atomic mass is 10.1. The molecule has 3 heterocycles. The number of nitrogens with zero attached hydrogens (tertiary/aromatic N) is 6. The van der Waals surface area contributed by atoms with E-state index in [1.54, 1.807) is 35.4 Å². The highest BCUT2D eigenvalue weighted by Gasteiger charge is 2.31. The van der Waals surface area contributed by atoms with Crippen molar-refractivity contribution in [2.45, 2.75) is 38.7 Å². The second-order valence-corrected chi connectivity index (χ2v) is 10.4. The molecule has 1 atom stereocenters. The first kappa shape index (κ1) is 28.2. The summed E-state index contributed by atoms with van der Waals surface area (Å²) < 4.78 is 41.0. The molecule has 3 aromatic rings. The van der Waals surface area contributed by atoms with Gasteiger partial charge in [-0.25, -0.2) is 20.0 Å². The smallest absolute Gasteiger partial charge is 0.360 e. The van der Waals surface area contributed by atoms with Gasteiger partial charge in [-0.2, -0.15) is 13.2 Å². The van der Waals surface area contributed by atoms with Crippen molar-refractivity contribution in [3.8, 4) is 0 Å². The van der Waals surface area contributed by atoms with Crippen LogP contribution in [0.1, 0.15) is 39.9 Å². The first-order chi connectivity index (χ1) is 19.5. The third kappa shape index (κ3) is 6.88. The summed E-state index contributed by atoms with van der Waals surface area (Å²) in [4.78, 5) is 34.7. The summed E-state index contributed by atoms with van der Waals surface area (Å²) in [6.45, 7) is 3.98. The Morgan fingerprint density at radius 2 is 1.90 bits per heavy atom. The van der Waals surface area contributed by atoms with Gasteiger partial charge < -0.3 is 15.5 Å². The van der Waals surface area contributed by atoms with Crippen molar-refractivity contribution in [1.29, 1.82) is 0 Å². The summed E-state index contributed by atoms with van der Waals surface area (Å²) in [5.74, 6) is 0.0143. The van der Waals surface area contributed by atoms with E-state index in [4.69, 9.17) is 0 Å². The Balaban J connectivity index is 1.37. The van der Waals surface area contributed by atoms with E-state index in [1.807, 2.05) is 27.1 Å². The molecule has 0 radical (unpaired) electrons. The summed E-state index contributed by atoms with van der Waals surface area (Å²) in [7, 11) is 3.69. The monoisotopic (exact) mass is 564 g/mol. The Morgan fingerprint density at radius 3 is 2.63 bits per heavy atom. The van der Waals surface area contributed by atoms with Crippen LogP contribution in [0.3, 0.4) is 0 Å². The first-order valence-electron chi connectivity index (χ1n) is 13.3. The molecule has 0 spiro atoms. The number of alkyl halides is 3. The van der Waals surface area contributed by atoms with E-state index in [0.717, 1.165) is 43.6 Å². The highest BCUT2D eigenvalue weighted by molar-refractivity contribution is 6.05. The lowest BCUT2D eigenvalue weighted by Crippen LogP contribution is -2.33. The largest absolute Gasteiger partial charge is 0.416 e. The van der Waals surface area contributed by atoms with Crippen LogP contribution in [0.15, 0.2) is 52.6 Å². The Kier molecular flexibility index (Phi) is 8.02. The number of hydrogen-bond acceptors (Lipinski definition) is 8. The van der Waals surface area contributed by atoms with Gasteiger partial charge in [-0.3, -0.25) is 9.69 Å². The maximum absolute atomic E-state index is 13.7. The predicted molar refractivity (Wildman–Crippen MR) is 153 cm³/mol. The van der Waals surface area contributed by atoms with Crippen LogP contribution in [0, 0.1) is 6.92 Å². The number of carbonyl (C=O) groups is 1. The number of hydrogen-bond donors (Lipinski definition) is 2. The maximum atomic E-state index is 13.7. The quantitative estimate of drug-likeness (QED) is 0.455. The van der Waals surface area contributed by atoms with E-state index < -0.39 is 23.8 Å². The average Bonchev–Trinajstić information content (AvgIpc) is 3.34. The number of fused-ring (bicyclic) bond motifs is 1. The number of rotatable bonds is 7. The number of likely N-dealkylation sites (tertiary alicyclic amines) is 1. The van der Waals surface area contributed by atoms with Gasteiger partial charge in [0.25, 0.3) is 5.91 Å². The minimum Gasteiger partial charge on any atom is -0.360 e. The van der Waals surface area contributed by atoms with Gasteiger partial charge in [0.15, 0.2) is 0 Å². The van der Waals surface area contributed by atoms with E-state index in [0.29, 0.717) is 34.5 Å². The van der Waals surface area contributed by atoms with E-state index >= 15 is 0 Å². The van der Waals surface area contributed by atoms with Crippen LogP contribution in [0.5, 0.6) is 0 Å². The minimum atomic E-state index is -4.53. The molecule has 1 fully saturated rings. The minimum absolute atomic E-state index is 0.102. The predicted octanol–water partition coefficient (Wildman–Crippen LogP) is 3.60.